The first kappa shape index (κ1) is 11.6. The standard InChI is InChI=1S/C14H15NO2/c16-14(17)7-8-15-10-11-5-6-12-3-1-2-4-13(12)9-11/h1-6,9,15H,7-8,10H2,(H,16,17). The summed E-state index contributed by atoms with van der Waals surface area (Å²) in [6, 6.07) is 14.5. The molecule has 0 saturated carbocycles. The molecule has 0 aliphatic carbocycles. The summed E-state index contributed by atoms with van der Waals surface area (Å²) in [6.07, 6.45) is 0.160. The largest absolute Gasteiger partial charge is 0.481 e. The summed E-state index contributed by atoms with van der Waals surface area (Å²) in [5.74, 6) is -0.768. The molecule has 0 aliphatic rings. The van der Waals surface area contributed by atoms with Crippen LogP contribution in [0.25, 0.3) is 10.8 Å². The molecular weight excluding hydrogens is 214 g/mol. The topological polar surface area (TPSA) is 49.3 Å². The lowest BCUT2D eigenvalue weighted by molar-refractivity contribution is -0.136. The number of nitrogens with one attached hydrogen (secondary N) is 1. The highest BCUT2D eigenvalue weighted by Crippen LogP contribution is 2.15. The summed E-state index contributed by atoms with van der Waals surface area (Å²) >= 11 is 0. The van der Waals surface area contributed by atoms with Crippen molar-refractivity contribution >= 4 is 16.7 Å². The third kappa shape index (κ3) is 3.29. The Bertz CT molecular complexity index is 522. The van der Waals surface area contributed by atoms with Crippen molar-refractivity contribution in [3.63, 3.8) is 0 Å². The van der Waals surface area contributed by atoms with Gasteiger partial charge in [-0.25, -0.2) is 0 Å². The van der Waals surface area contributed by atoms with Crippen molar-refractivity contribution in [2.75, 3.05) is 6.54 Å². The molecule has 0 aliphatic heterocycles. The first-order valence-electron chi connectivity index (χ1n) is 5.66. The molecule has 3 heteroatoms. The zero-order chi connectivity index (χ0) is 12.1. The molecule has 0 amide bonds. The Morgan fingerprint density at radius 1 is 1.12 bits per heavy atom. The number of hydrogen-bond donors (Lipinski definition) is 2. The second-order valence-electron chi connectivity index (χ2n) is 4.00. The number of carbonyl (C=O) groups is 1. The third-order valence-corrected chi connectivity index (χ3v) is 2.66. The van der Waals surface area contributed by atoms with Gasteiger partial charge in [0.15, 0.2) is 0 Å². The molecule has 2 aromatic carbocycles. The van der Waals surface area contributed by atoms with E-state index in [0.29, 0.717) is 13.1 Å². The predicted molar refractivity (Wildman–Crippen MR) is 67.9 cm³/mol. The molecule has 0 radical (unpaired) electrons. The summed E-state index contributed by atoms with van der Waals surface area (Å²) < 4.78 is 0. The molecule has 2 N–H and O–H groups in total. The maximum atomic E-state index is 10.3. The van der Waals surface area contributed by atoms with Crippen molar-refractivity contribution in [3.05, 3.63) is 48.0 Å². The summed E-state index contributed by atoms with van der Waals surface area (Å²) in [5, 5.41) is 14.1. The van der Waals surface area contributed by atoms with Gasteiger partial charge in [0.1, 0.15) is 0 Å². The Labute approximate surface area is 100 Å². The van der Waals surface area contributed by atoms with Crippen LogP contribution in [0.1, 0.15) is 12.0 Å². The van der Waals surface area contributed by atoms with Crippen molar-refractivity contribution in [1.29, 1.82) is 0 Å². The summed E-state index contributed by atoms with van der Waals surface area (Å²) in [4.78, 5) is 10.3. The first-order valence-corrected chi connectivity index (χ1v) is 5.66. The molecule has 2 rings (SSSR count). The second-order valence-corrected chi connectivity index (χ2v) is 4.00. The fourth-order valence-corrected chi connectivity index (χ4v) is 1.78. The molecule has 0 aromatic heterocycles. The fraction of sp³-hybridized carbons (Fsp3) is 0.214. The van der Waals surface area contributed by atoms with E-state index in [2.05, 4.69) is 35.6 Å². The van der Waals surface area contributed by atoms with Crippen LogP contribution < -0.4 is 5.32 Å². The molecule has 0 saturated heterocycles. The van der Waals surface area contributed by atoms with Gasteiger partial charge >= 0.3 is 5.97 Å². The van der Waals surface area contributed by atoms with E-state index in [0.717, 1.165) is 0 Å². The average molecular weight is 229 g/mol. The third-order valence-electron chi connectivity index (χ3n) is 2.66. The van der Waals surface area contributed by atoms with Crippen molar-refractivity contribution in [1.82, 2.24) is 5.32 Å². The minimum Gasteiger partial charge on any atom is -0.481 e. The van der Waals surface area contributed by atoms with Gasteiger partial charge in [0.25, 0.3) is 0 Å². The molecule has 3 nitrogen and oxygen atoms in total. The second kappa shape index (κ2) is 5.46. The van der Waals surface area contributed by atoms with Gasteiger partial charge < -0.3 is 10.4 Å². The smallest absolute Gasteiger partial charge is 0.304 e. The van der Waals surface area contributed by atoms with E-state index in [9.17, 15) is 4.79 Å². The van der Waals surface area contributed by atoms with Gasteiger partial charge in [0.05, 0.1) is 6.42 Å². The van der Waals surface area contributed by atoms with Crippen LogP contribution in [0.2, 0.25) is 0 Å². The minimum atomic E-state index is -0.768. The summed E-state index contributed by atoms with van der Waals surface area (Å²) in [7, 11) is 0. The summed E-state index contributed by atoms with van der Waals surface area (Å²) in [6.45, 7) is 1.21. The number of carboxylic acid groups (broad SMARTS) is 1. The van der Waals surface area contributed by atoms with E-state index in [1.807, 2.05) is 12.1 Å². The van der Waals surface area contributed by atoms with Gasteiger partial charge in [-0.3, -0.25) is 4.79 Å². The molecule has 0 spiro atoms. The molecule has 17 heavy (non-hydrogen) atoms. The first-order chi connectivity index (χ1) is 8.25. The maximum absolute atomic E-state index is 10.3. The monoisotopic (exact) mass is 229 g/mol. The van der Waals surface area contributed by atoms with E-state index in [1.54, 1.807) is 0 Å². The van der Waals surface area contributed by atoms with Crippen molar-refractivity contribution in [3.8, 4) is 0 Å². The average Bonchev–Trinajstić information content (AvgIpc) is 2.34. The molecule has 88 valence electrons. The molecule has 0 atom stereocenters. The Morgan fingerprint density at radius 3 is 2.65 bits per heavy atom. The van der Waals surface area contributed by atoms with Gasteiger partial charge in [-0.1, -0.05) is 36.4 Å². The predicted octanol–water partition coefficient (Wildman–Crippen LogP) is 2.40. The molecule has 0 fully saturated rings. The number of carboxylic acids is 1. The van der Waals surface area contributed by atoms with E-state index in [4.69, 9.17) is 5.11 Å². The quantitative estimate of drug-likeness (QED) is 0.774. The van der Waals surface area contributed by atoms with Gasteiger partial charge in [-0.05, 0) is 22.4 Å². The molecule has 0 heterocycles. The van der Waals surface area contributed by atoms with Crippen LogP contribution in [-0.2, 0) is 11.3 Å². The zero-order valence-electron chi connectivity index (χ0n) is 9.52. The minimum absolute atomic E-state index is 0.160. The van der Waals surface area contributed by atoms with Crippen LogP contribution in [0.5, 0.6) is 0 Å². The van der Waals surface area contributed by atoms with Crippen molar-refractivity contribution in [2.24, 2.45) is 0 Å². The normalized spacial score (nSPS) is 10.6. The van der Waals surface area contributed by atoms with Gasteiger partial charge in [-0.15, -0.1) is 0 Å². The number of benzene rings is 2. The lowest BCUT2D eigenvalue weighted by Gasteiger charge is -2.05. The number of rotatable bonds is 5. The SMILES string of the molecule is O=C(O)CCNCc1ccc2ccccc2c1. The Kier molecular flexibility index (Phi) is 3.73. The van der Waals surface area contributed by atoms with Crippen molar-refractivity contribution < 1.29 is 9.90 Å². The van der Waals surface area contributed by atoms with Gasteiger partial charge in [0.2, 0.25) is 0 Å². The zero-order valence-corrected chi connectivity index (χ0v) is 9.52. The van der Waals surface area contributed by atoms with Crippen molar-refractivity contribution in [2.45, 2.75) is 13.0 Å². The Morgan fingerprint density at radius 2 is 1.88 bits per heavy atom. The van der Waals surface area contributed by atoms with Crippen LogP contribution >= 0.6 is 0 Å². The van der Waals surface area contributed by atoms with E-state index in [-0.39, 0.29) is 6.42 Å². The highest BCUT2D eigenvalue weighted by atomic mass is 16.4. The van der Waals surface area contributed by atoms with Gasteiger partial charge in [0, 0.05) is 13.1 Å². The molecular formula is C14H15NO2. The lowest BCUT2D eigenvalue weighted by atomic mass is 10.1. The van der Waals surface area contributed by atoms with E-state index in [1.165, 1.54) is 16.3 Å². The van der Waals surface area contributed by atoms with Crippen LogP contribution in [0, 0.1) is 0 Å². The highest BCUT2D eigenvalue weighted by molar-refractivity contribution is 5.82. The summed E-state index contributed by atoms with van der Waals surface area (Å²) in [5.41, 5.74) is 1.18. The Balaban J connectivity index is 1.97. The Hall–Kier alpha value is -1.87. The van der Waals surface area contributed by atoms with Gasteiger partial charge in [-0.2, -0.15) is 0 Å². The fourth-order valence-electron chi connectivity index (χ4n) is 1.78. The maximum Gasteiger partial charge on any atom is 0.304 e. The van der Waals surface area contributed by atoms with E-state index < -0.39 is 5.97 Å². The number of hydrogen-bond acceptors (Lipinski definition) is 2. The molecule has 0 bridgehead atoms. The molecule has 0 unspecified atom stereocenters. The van der Waals surface area contributed by atoms with E-state index >= 15 is 0 Å². The van der Waals surface area contributed by atoms with Crippen LogP contribution in [0.15, 0.2) is 42.5 Å². The van der Waals surface area contributed by atoms with Crippen LogP contribution in [-0.4, -0.2) is 17.6 Å². The lowest BCUT2D eigenvalue weighted by Crippen LogP contribution is -2.17. The number of fused-ring (bicyclic) bond motifs is 1. The molecule has 2 aromatic rings. The van der Waals surface area contributed by atoms with Crippen LogP contribution in [0.4, 0.5) is 0 Å². The van der Waals surface area contributed by atoms with Crippen LogP contribution in [0.3, 0.4) is 0 Å². The highest BCUT2D eigenvalue weighted by Gasteiger charge is 1.98. The number of aliphatic carboxylic acids is 1.